The first kappa shape index (κ1) is 13.3. The lowest BCUT2D eigenvalue weighted by molar-refractivity contribution is -0.275. The lowest BCUT2D eigenvalue weighted by Gasteiger charge is -2.11. The minimum atomic E-state index is -5.26. The summed E-state index contributed by atoms with van der Waals surface area (Å²) in [5.41, 5.74) is -2.37. The summed E-state index contributed by atoms with van der Waals surface area (Å²) in [5.74, 6) is -3.27. The number of hydrogen-bond acceptors (Lipinski definition) is 3. The number of rotatable bonds is 3. The van der Waals surface area contributed by atoms with Gasteiger partial charge in [-0.1, -0.05) is 0 Å². The van der Waals surface area contributed by atoms with Crippen LogP contribution in [0.1, 0.15) is 22.6 Å². The van der Waals surface area contributed by atoms with E-state index in [4.69, 9.17) is 0 Å². The third kappa shape index (κ3) is 3.33. The monoisotopic (exact) mass is 259 g/mol. The van der Waals surface area contributed by atoms with Crippen molar-refractivity contribution in [3.8, 4) is 5.75 Å². The third-order valence-corrected chi connectivity index (χ3v) is 1.53. The van der Waals surface area contributed by atoms with E-state index in [1.807, 2.05) is 0 Å². The molecule has 0 atom stereocenters. The van der Waals surface area contributed by atoms with Gasteiger partial charge >= 0.3 is 6.36 Å². The molecule has 17 heavy (non-hydrogen) atoms. The number of nitrogens with zero attached hydrogens (tertiary/aromatic N) is 1. The summed E-state index contributed by atoms with van der Waals surface area (Å²) in [7, 11) is 0. The molecule has 1 aromatic rings. The molecule has 0 aliphatic heterocycles. The molecular formula is C8H3F6NO2. The summed E-state index contributed by atoms with van der Waals surface area (Å²) in [5, 5.41) is 0. The summed E-state index contributed by atoms with van der Waals surface area (Å²) >= 11 is 0. The second kappa shape index (κ2) is 4.60. The summed E-state index contributed by atoms with van der Waals surface area (Å²) < 4.78 is 76.0. The number of carbonyl (C=O) groups is 1. The Bertz CT molecular complexity index is 431. The van der Waals surface area contributed by atoms with Crippen LogP contribution in [0.4, 0.5) is 26.3 Å². The fraction of sp³-hybridized carbons (Fsp3) is 0.250. The predicted molar refractivity (Wildman–Crippen MR) is 41.2 cm³/mol. The highest BCUT2D eigenvalue weighted by atomic mass is 19.4. The van der Waals surface area contributed by atoms with Crippen LogP contribution in [-0.2, 0) is 0 Å². The van der Waals surface area contributed by atoms with E-state index >= 15 is 0 Å². The average Bonchev–Trinajstić information content (AvgIpc) is 2.18. The van der Waals surface area contributed by atoms with Crippen LogP contribution in [0.2, 0.25) is 0 Å². The van der Waals surface area contributed by atoms with Gasteiger partial charge in [0.05, 0.1) is 0 Å². The molecule has 3 nitrogen and oxygen atoms in total. The summed E-state index contributed by atoms with van der Waals surface area (Å²) in [6.07, 6.45) is -8.81. The fourth-order valence-electron chi connectivity index (χ4n) is 0.933. The van der Waals surface area contributed by atoms with Gasteiger partial charge in [0.25, 0.3) is 6.43 Å². The zero-order valence-corrected chi connectivity index (χ0v) is 7.76. The molecule has 94 valence electrons. The van der Waals surface area contributed by atoms with E-state index in [0.717, 1.165) is 0 Å². The van der Waals surface area contributed by atoms with Gasteiger partial charge in [0.15, 0.2) is 17.9 Å². The summed E-state index contributed by atoms with van der Waals surface area (Å²) in [6, 6.07) is 0.0838. The second-order valence-electron chi connectivity index (χ2n) is 2.71. The molecule has 0 spiro atoms. The Morgan fingerprint density at radius 3 is 2.35 bits per heavy atom. The van der Waals surface area contributed by atoms with Crippen molar-refractivity contribution < 1.29 is 35.9 Å². The van der Waals surface area contributed by atoms with E-state index in [1.165, 1.54) is 0 Å². The van der Waals surface area contributed by atoms with E-state index < -0.39 is 35.7 Å². The Morgan fingerprint density at radius 2 is 1.94 bits per heavy atom. The Labute approximate surface area is 90.0 Å². The van der Waals surface area contributed by atoms with E-state index in [-0.39, 0.29) is 12.4 Å². The highest BCUT2D eigenvalue weighted by molar-refractivity contribution is 5.73. The molecule has 1 rings (SSSR count). The first-order valence-electron chi connectivity index (χ1n) is 3.94. The first-order valence-corrected chi connectivity index (χ1v) is 3.94. The smallest absolute Gasteiger partial charge is 0.402 e. The van der Waals surface area contributed by atoms with Crippen molar-refractivity contribution in [3.63, 3.8) is 0 Å². The molecule has 1 heterocycles. The number of alkyl halides is 5. The molecule has 0 aliphatic carbocycles. The number of aldehydes is 1. The summed E-state index contributed by atoms with van der Waals surface area (Å²) in [6.45, 7) is 0. The van der Waals surface area contributed by atoms with Crippen LogP contribution in [0, 0.1) is 5.82 Å². The molecule has 0 aliphatic rings. The maximum absolute atomic E-state index is 13.1. The van der Waals surface area contributed by atoms with Crippen molar-refractivity contribution in [2.45, 2.75) is 12.8 Å². The normalized spacial score (nSPS) is 11.7. The van der Waals surface area contributed by atoms with Gasteiger partial charge in [0.2, 0.25) is 0 Å². The second-order valence-corrected chi connectivity index (χ2v) is 2.71. The van der Waals surface area contributed by atoms with Crippen molar-refractivity contribution in [1.82, 2.24) is 4.98 Å². The SMILES string of the molecule is O=Cc1nc(C(F)F)cc(OC(F)(F)F)c1F. The fourth-order valence-corrected chi connectivity index (χ4v) is 0.933. The van der Waals surface area contributed by atoms with Crippen molar-refractivity contribution in [2.75, 3.05) is 0 Å². The number of aromatic nitrogens is 1. The van der Waals surface area contributed by atoms with Gasteiger partial charge in [-0.2, -0.15) is 0 Å². The van der Waals surface area contributed by atoms with E-state index in [0.29, 0.717) is 0 Å². The van der Waals surface area contributed by atoms with E-state index in [9.17, 15) is 31.1 Å². The molecule has 1 aromatic heterocycles. The maximum Gasteiger partial charge on any atom is 0.573 e. The molecule has 0 bridgehead atoms. The molecule has 0 fully saturated rings. The number of hydrogen-bond donors (Lipinski definition) is 0. The van der Waals surface area contributed by atoms with Crippen molar-refractivity contribution in [2.24, 2.45) is 0 Å². The Balaban J connectivity index is 3.27. The molecule has 9 heteroatoms. The maximum atomic E-state index is 13.1. The van der Waals surface area contributed by atoms with Gasteiger partial charge in [-0.15, -0.1) is 13.2 Å². The van der Waals surface area contributed by atoms with Crippen LogP contribution in [-0.4, -0.2) is 17.6 Å². The predicted octanol–water partition coefficient (Wildman–Crippen LogP) is 2.87. The molecule has 0 saturated carbocycles. The van der Waals surface area contributed by atoms with Crippen LogP contribution in [0.3, 0.4) is 0 Å². The number of carbonyl (C=O) groups excluding carboxylic acids is 1. The van der Waals surface area contributed by atoms with Gasteiger partial charge in [0, 0.05) is 6.07 Å². The number of pyridine rings is 1. The van der Waals surface area contributed by atoms with Gasteiger partial charge in [-0.25, -0.2) is 18.2 Å². The lowest BCUT2D eigenvalue weighted by atomic mass is 10.2. The van der Waals surface area contributed by atoms with Crippen molar-refractivity contribution >= 4 is 6.29 Å². The van der Waals surface area contributed by atoms with Crippen LogP contribution >= 0.6 is 0 Å². The highest BCUT2D eigenvalue weighted by Crippen LogP contribution is 2.29. The van der Waals surface area contributed by atoms with Crippen molar-refractivity contribution in [1.29, 1.82) is 0 Å². The lowest BCUT2D eigenvalue weighted by Crippen LogP contribution is -2.19. The minimum absolute atomic E-state index is 0.0838. The van der Waals surface area contributed by atoms with Gasteiger partial charge in [-0.3, -0.25) is 4.79 Å². The Hall–Kier alpha value is -1.80. The zero-order valence-electron chi connectivity index (χ0n) is 7.76. The van der Waals surface area contributed by atoms with Gasteiger partial charge in [-0.05, 0) is 0 Å². The molecule has 0 radical (unpaired) electrons. The van der Waals surface area contributed by atoms with E-state index in [2.05, 4.69) is 9.72 Å². The van der Waals surface area contributed by atoms with E-state index in [1.54, 1.807) is 0 Å². The van der Waals surface area contributed by atoms with Crippen LogP contribution in [0.15, 0.2) is 6.07 Å². The third-order valence-electron chi connectivity index (χ3n) is 1.53. The molecule has 0 unspecified atom stereocenters. The van der Waals surface area contributed by atoms with Gasteiger partial charge < -0.3 is 4.74 Å². The molecule has 0 amide bonds. The van der Waals surface area contributed by atoms with Crippen molar-refractivity contribution in [3.05, 3.63) is 23.3 Å². The first-order chi connectivity index (χ1) is 7.74. The van der Waals surface area contributed by atoms with Crippen LogP contribution in [0.5, 0.6) is 5.75 Å². The zero-order chi connectivity index (χ0) is 13.2. The largest absolute Gasteiger partial charge is 0.573 e. The average molecular weight is 259 g/mol. The Kier molecular flexibility index (Phi) is 3.59. The molecule has 0 saturated heterocycles. The quantitative estimate of drug-likeness (QED) is 0.618. The standard InChI is InChI=1S/C8H3F6NO2/c9-6-4(2-16)15-3(7(10)11)1-5(6)17-8(12,13)14/h1-2,7H. The van der Waals surface area contributed by atoms with Crippen LogP contribution in [0.25, 0.3) is 0 Å². The Morgan fingerprint density at radius 1 is 1.35 bits per heavy atom. The molecule has 0 aromatic carbocycles. The van der Waals surface area contributed by atoms with Crippen LogP contribution < -0.4 is 4.74 Å². The van der Waals surface area contributed by atoms with Gasteiger partial charge in [0.1, 0.15) is 11.4 Å². The highest BCUT2D eigenvalue weighted by Gasteiger charge is 2.33. The number of halogens is 6. The number of ether oxygens (including phenoxy) is 1. The molecular weight excluding hydrogens is 256 g/mol. The topological polar surface area (TPSA) is 39.2 Å². The summed E-state index contributed by atoms with van der Waals surface area (Å²) in [4.78, 5) is 13.1. The minimum Gasteiger partial charge on any atom is -0.402 e. The molecule has 0 N–H and O–H groups in total.